The van der Waals surface area contributed by atoms with Crippen LogP contribution in [0.3, 0.4) is 0 Å². The van der Waals surface area contributed by atoms with Crippen LogP contribution >= 0.6 is 0 Å². The number of aromatic nitrogens is 4. The van der Waals surface area contributed by atoms with Crippen molar-refractivity contribution in [2.45, 2.75) is 0 Å². The van der Waals surface area contributed by atoms with E-state index in [2.05, 4.69) is 168 Å². The highest BCUT2D eigenvalue weighted by Crippen LogP contribution is 2.43. The molecule has 5 heteroatoms. The zero-order valence-electron chi connectivity index (χ0n) is 30.0. The molecular weight excluding hydrogens is 685 g/mol. The van der Waals surface area contributed by atoms with Crippen molar-refractivity contribution in [3.8, 4) is 39.9 Å². The standard InChI is InChI=1S/C51H30N4O/c1-2-15-33(16-3-1)49-52-50(54-51(53-49)55-43-24-11-10-22-40(43)47-36-19-7-5-14-32(36)25-27-44(47)55)34-26-28-45-42(29-34)48-39-21-9-8-20-38(39)41(30-46(48)56-45)37-23-12-17-31-13-4-6-18-35(31)37/h1-30H. The monoisotopic (exact) mass is 714 g/mol. The Morgan fingerprint density at radius 3 is 1.86 bits per heavy atom. The SMILES string of the molecule is c1ccc(-c2nc(-c3ccc4oc5cc(-c6cccc7ccccc67)c6ccccc6c5c4c3)nc(-n3c4ccccc4c4c5ccccc5ccc43)n2)cc1. The smallest absolute Gasteiger partial charge is 0.238 e. The summed E-state index contributed by atoms with van der Waals surface area (Å²) in [6.07, 6.45) is 0. The lowest BCUT2D eigenvalue weighted by Gasteiger charge is -2.12. The predicted molar refractivity (Wildman–Crippen MR) is 230 cm³/mol. The van der Waals surface area contributed by atoms with Crippen LogP contribution in [0.2, 0.25) is 0 Å². The first kappa shape index (κ1) is 30.8. The zero-order valence-corrected chi connectivity index (χ0v) is 30.0. The Morgan fingerprint density at radius 1 is 0.357 bits per heavy atom. The first-order valence-corrected chi connectivity index (χ1v) is 18.9. The van der Waals surface area contributed by atoms with Gasteiger partial charge in [-0.1, -0.05) is 146 Å². The summed E-state index contributed by atoms with van der Waals surface area (Å²) < 4.78 is 8.86. The highest BCUT2D eigenvalue weighted by Gasteiger charge is 2.21. The summed E-state index contributed by atoms with van der Waals surface area (Å²) in [4.78, 5) is 15.6. The highest BCUT2D eigenvalue weighted by atomic mass is 16.3. The molecule has 0 spiro atoms. The molecule has 5 nitrogen and oxygen atoms in total. The first-order valence-electron chi connectivity index (χ1n) is 18.9. The van der Waals surface area contributed by atoms with E-state index in [0.29, 0.717) is 17.6 Å². The van der Waals surface area contributed by atoms with Crippen molar-refractivity contribution in [3.05, 3.63) is 182 Å². The molecule has 9 aromatic carbocycles. The maximum atomic E-state index is 6.68. The van der Waals surface area contributed by atoms with Crippen LogP contribution in [0.1, 0.15) is 0 Å². The van der Waals surface area contributed by atoms with Crippen LogP contribution in [0, 0.1) is 0 Å². The number of hydrogen-bond donors (Lipinski definition) is 0. The Morgan fingerprint density at radius 2 is 1.02 bits per heavy atom. The van der Waals surface area contributed by atoms with Gasteiger partial charge in [0.1, 0.15) is 11.2 Å². The maximum Gasteiger partial charge on any atom is 0.238 e. The molecule has 260 valence electrons. The van der Waals surface area contributed by atoms with E-state index < -0.39 is 0 Å². The van der Waals surface area contributed by atoms with E-state index >= 15 is 0 Å². The van der Waals surface area contributed by atoms with Gasteiger partial charge in [-0.2, -0.15) is 9.97 Å². The molecule has 0 saturated heterocycles. The van der Waals surface area contributed by atoms with Crippen molar-refractivity contribution in [2.75, 3.05) is 0 Å². The fraction of sp³-hybridized carbons (Fsp3) is 0. The third-order valence-corrected chi connectivity index (χ3v) is 11.2. The Hall–Kier alpha value is -7.63. The zero-order chi connectivity index (χ0) is 36.7. The van der Waals surface area contributed by atoms with Gasteiger partial charge in [0.05, 0.1) is 11.0 Å². The Kier molecular flexibility index (Phi) is 6.56. The minimum Gasteiger partial charge on any atom is -0.456 e. The molecule has 0 radical (unpaired) electrons. The van der Waals surface area contributed by atoms with Gasteiger partial charge in [0.15, 0.2) is 11.6 Å². The number of furan rings is 1. The molecule has 0 saturated carbocycles. The molecule has 0 unspecified atom stereocenters. The van der Waals surface area contributed by atoms with Gasteiger partial charge in [0, 0.05) is 32.7 Å². The summed E-state index contributed by atoms with van der Waals surface area (Å²) in [6, 6.07) is 63.8. The summed E-state index contributed by atoms with van der Waals surface area (Å²) in [5.41, 5.74) is 7.89. The van der Waals surface area contributed by atoms with Crippen molar-refractivity contribution in [1.82, 2.24) is 19.5 Å². The summed E-state index contributed by atoms with van der Waals surface area (Å²) >= 11 is 0. The van der Waals surface area contributed by atoms with Gasteiger partial charge in [-0.05, 0) is 79.8 Å². The molecule has 0 atom stereocenters. The van der Waals surface area contributed by atoms with E-state index in [1.807, 2.05) is 18.2 Å². The maximum absolute atomic E-state index is 6.68. The van der Waals surface area contributed by atoms with E-state index in [1.165, 1.54) is 37.9 Å². The third kappa shape index (κ3) is 4.58. The number of benzene rings is 9. The minimum absolute atomic E-state index is 0.567. The van der Waals surface area contributed by atoms with Crippen LogP contribution in [0.25, 0.3) is 116 Å². The van der Waals surface area contributed by atoms with Gasteiger partial charge < -0.3 is 4.42 Å². The second kappa shape index (κ2) is 11.9. The summed E-state index contributed by atoms with van der Waals surface area (Å²) in [5, 5.41) is 11.6. The fourth-order valence-corrected chi connectivity index (χ4v) is 8.73. The molecule has 3 aromatic heterocycles. The number of fused-ring (bicyclic) bond motifs is 11. The minimum atomic E-state index is 0.567. The van der Waals surface area contributed by atoms with Gasteiger partial charge in [-0.15, -0.1) is 0 Å². The van der Waals surface area contributed by atoms with Crippen LogP contribution in [-0.2, 0) is 0 Å². The molecule has 0 N–H and O–H groups in total. The van der Waals surface area contributed by atoms with Crippen LogP contribution in [0.4, 0.5) is 0 Å². The number of hydrogen-bond acceptors (Lipinski definition) is 4. The lowest BCUT2D eigenvalue weighted by molar-refractivity contribution is 0.669. The second-order valence-electron chi connectivity index (χ2n) is 14.4. The topological polar surface area (TPSA) is 56.7 Å². The van der Waals surface area contributed by atoms with Crippen LogP contribution in [0.15, 0.2) is 186 Å². The Bertz CT molecular complexity index is 3540. The molecule has 0 bridgehead atoms. The molecule has 0 aliphatic heterocycles. The number of rotatable bonds is 4. The fourth-order valence-electron chi connectivity index (χ4n) is 8.73. The van der Waals surface area contributed by atoms with Crippen LogP contribution in [-0.4, -0.2) is 19.5 Å². The van der Waals surface area contributed by atoms with E-state index in [1.54, 1.807) is 0 Å². The lowest BCUT2D eigenvalue weighted by Crippen LogP contribution is -2.06. The number of para-hydroxylation sites is 1. The van der Waals surface area contributed by atoms with Crippen molar-refractivity contribution < 1.29 is 4.42 Å². The van der Waals surface area contributed by atoms with Gasteiger partial charge in [-0.3, -0.25) is 4.57 Å². The second-order valence-corrected chi connectivity index (χ2v) is 14.4. The summed E-state index contributed by atoms with van der Waals surface area (Å²) in [6.45, 7) is 0. The molecule has 12 aromatic rings. The van der Waals surface area contributed by atoms with E-state index in [0.717, 1.165) is 60.4 Å². The van der Waals surface area contributed by atoms with E-state index in [-0.39, 0.29) is 0 Å². The largest absolute Gasteiger partial charge is 0.456 e. The quantitative estimate of drug-likeness (QED) is 0.182. The van der Waals surface area contributed by atoms with Crippen molar-refractivity contribution in [2.24, 2.45) is 0 Å². The molecule has 3 heterocycles. The van der Waals surface area contributed by atoms with Gasteiger partial charge >= 0.3 is 0 Å². The molecule has 12 rings (SSSR count). The van der Waals surface area contributed by atoms with Crippen molar-refractivity contribution >= 4 is 76.1 Å². The molecular formula is C51H30N4O. The highest BCUT2D eigenvalue weighted by molar-refractivity contribution is 6.24. The number of nitrogens with zero attached hydrogens (tertiary/aromatic N) is 4. The van der Waals surface area contributed by atoms with Crippen LogP contribution in [0.5, 0.6) is 0 Å². The Balaban J connectivity index is 1.11. The Labute approximate surface area is 320 Å². The molecule has 0 aliphatic rings. The normalized spacial score (nSPS) is 11.9. The van der Waals surface area contributed by atoms with E-state index in [9.17, 15) is 0 Å². The van der Waals surface area contributed by atoms with Gasteiger partial charge in [0.25, 0.3) is 0 Å². The third-order valence-electron chi connectivity index (χ3n) is 11.2. The predicted octanol–water partition coefficient (Wildman–Crippen LogP) is 13.3. The van der Waals surface area contributed by atoms with E-state index in [4.69, 9.17) is 19.4 Å². The van der Waals surface area contributed by atoms with Crippen molar-refractivity contribution in [1.29, 1.82) is 0 Å². The first-order chi connectivity index (χ1) is 27.8. The average Bonchev–Trinajstić information content (AvgIpc) is 3.82. The molecule has 56 heavy (non-hydrogen) atoms. The van der Waals surface area contributed by atoms with Gasteiger partial charge in [-0.25, -0.2) is 4.98 Å². The average molecular weight is 715 g/mol. The molecule has 0 fully saturated rings. The molecule has 0 aliphatic carbocycles. The van der Waals surface area contributed by atoms with Crippen molar-refractivity contribution in [3.63, 3.8) is 0 Å². The van der Waals surface area contributed by atoms with Crippen LogP contribution < -0.4 is 0 Å². The summed E-state index contributed by atoms with van der Waals surface area (Å²) in [7, 11) is 0. The molecule has 0 amide bonds. The summed E-state index contributed by atoms with van der Waals surface area (Å²) in [5.74, 6) is 1.77. The van der Waals surface area contributed by atoms with Gasteiger partial charge in [0.2, 0.25) is 5.95 Å². The lowest BCUT2D eigenvalue weighted by atomic mass is 9.92.